The summed E-state index contributed by atoms with van der Waals surface area (Å²) in [4.78, 5) is 46.7. The minimum absolute atomic E-state index is 0.147. The number of nitrogens with one attached hydrogen (secondary N) is 1. The number of hydrogen-bond acceptors (Lipinski definition) is 5. The molecule has 3 amide bonds. The van der Waals surface area contributed by atoms with Gasteiger partial charge in [0.2, 0.25) is 11.6 Å². The van der Waals surface area contributed by atoms with Gasteiger partial charge in [-0.2, -0.15) is 0 Å². The molecule has 0 radical (unpaired) electrons. The van der Waals surface area contributed by atoms with Gasteiger partial charge in [-0.15, -0.1) is 11.3 Å². The maximum atomic E-state index is 13.4. The van der Waals surface area contributed by atoms with E-state index in [1.807, 2.05) is 6.92 Å². The Labute approximate surface area is 161 Å². The van der Waals surface area contributed by atoms with E-state index in [0.717, 1.165) is 12.8 Å². The molecule has 7 nitrogen and oxygen atoms in total. The Morgan fingerprint density at radius 1 is 1.33 bits per heavy atom. The predicted octanol–water partition coefficient (Wildman–Crippen LogP) is 2.86. The number of carbonyl (C=O) groups excluding carboxylic acids is 3. The highest BCUT2D eigenvalue weighted by molar-refractivity contribution is 7.13. The monoisotopic (exact) mass is 384 g/mol. The average Bonchev–Trinajstić information content (AvgIpc) is 3.30. The average molecular weight is 384 g/mol. The van der Waals surface area contributed by atoms with Crippen LogP contribution < -0.4 is 10.2 Å². The van der Waals surface area contributed by atoms with Crippen LogP contribution in [0.2, 0.25) is 0 Å². The highest BCUT2D eigenvalue weighted by atomic mass is 32.1. The third-order valence-corrected chi connectivity index (χ3v) is 5.81. The molecule has 27 heavy (non-hydrogen) atoms. The zero-order valence-electron chi connectivity index (χ0n) is 15.0. The Bertz CT molecular complexity index is 898. The number of amides is 3. The second-order valence-corrected chi connectivity index (χ2v) is 7.56. The molecule has 2 aliphatic rings. The second kappa shape index (κ2) is 6.77. The molecular formula is C19H20N4O3S. The summed E-state index contributed by atoms with van der Waals surface area (Å²) in [7, 11) is 0. The number of thiazole rings is 1. The van der Waals surface area contributed by atoms with E-state index in [-0.39, 0.29) is 30.6 Å². The van der Waals surface area contributed by atoms with Crippen molar-refractivity contribution in [3.63, 3.8) is 0 Å². The van der Waals surface area contributed by atoms with Gasteiger partial charge in [-0.3, -0.25) is 24.6 Å². The molecule has 140 valence electrons. The first-order chi connectivity index (χ1) is 13.1. The van der Waals surface area contributed by atoms with Crippen molar-refractivity contribution < 1.29 is 14.4 Å². The van der Waals surface area contributed by atoms with Crippen molar-refractivity contribution in [1.29, 1.82) is 0 Å². The smallest absolute Gasteiger partial charge is 0.273 e. The fraction of sp³-hybridized carbons (Fsp3) is 0.368. The molecule has 0 bridgehead atoms. The molecule has 1 aromatic heterocycles. The fourth-order valence-corrected chi connectivity index (χ4v) is 4.41. The molecule has 1 saturated heterocycles. The molecule has 1 atom stereocenters. The lowest BCUT2D eigenvalue weighted by Crippen LogP contribution is -2.69. The minimum Gasteiger partial charge on any atom is -0.307 e. The van der Waals surface area contributed by atoms with Gasteiger partial charge in [0.25, 0.3) is 11.8 Å². The Balaban J connectivity index is 1.85. The van der Waals surface area contributed by atoms with Crippen molar-refractivity contribution in [2.75, 3.05) is 16.8 Å². The van der Waals surface area contributed by atoms with Crippen LogP contribution in [-0.4, -0.2) is 39.8 Å². The van der Waals surface area contributed by atoms with Crippen molar-refractivity contribution >= 4 is 39.9 Å². The maximum absolute atomic E-state index is 13.4. The van der Waals surface area contributed by atoms with Crippen LogP contribution in [0.1, 0.15) is 43.0 Å². The number of carbonyl (C=O) groups is 3. The second-order valence-electron chi connectivity index (χ2n) is 6.66. The van der Waals surface area contributed by atoms with Gasteiger partial charge in [0.05, 0.1) is 11.3 Å². The van der Waals surface area contributed by atoms with Gasteiger partial charge in [-0.1, -0.05) is 25.5 Å². The van der Waals surface area contributed by atoms with Crippen LogP contribution in [0.4, 0.5) is 10.8 Å². The van der Waals surface area contributed by atoms with E-state index >= 15 is 0 Å². The highest BCUT2D eigenvalue weighted by Gasteiger charge is 2.60. The Morgan fingerprint density at radius 3 is 2.89 bits per heavy atom. The molecule has 1 N–H and O–H groups in total. The summed E-state index contributed by atoms with van der Waals surface area (Å²) < 4.78 is 0. The summed E-state index contributed by atoms with van der Waals surface area (Å²) in [6.07, 6.45) is 3.72. The van der Waals surface area contributed by atoms with Crippen LogP contribution in [0, 0.1) is 0 Å². The highest BCUT2D eigenvalue weighted by Crippen LogP contribution is 2.45. The normalized spacial score (nSPS) is 21.2. The van der Waals surface area contributed by atoms with Crippen LogP contribution >= 0.6 is 11.3 Å². The molecule has 3 heterocycles. The van der Waals surface area contributed by atoms with Crippen LogP contribution in [0.5, 0.6) is 0 Å². The summed E-state index contributed by atoms with van der Waals surface area (Å²) in [5, 5.41) is 5.03. The van der Waals surface area contributed by atoms with Crippen molar-refractivity contribution in [1.82, 2.24) is 9.88 Å². The maximum Gasteiger partial charge on any atom is 0.273 e. The van der Waals surface area contributed by atoms with E-state index in [9.17, 15) is 14.4 Å². The zero-order valence-corrected chi connectivity index (χ0v) is 15.8. The molecule has 2 aliphatic heterocycles. The van der Waals surface area contributed by atoms with Crippen molar-refractivity contribution in [3.05, 3.63) is 41.4 Å². The van der Waals surface area contributed by atoms with E-state index in [2.05, 4.69) is 10.3 Å². The molecule has 0 saturated carbocycles. The quantitative estimate of drug-likeness (QED) is 0.859. The molecule has 1 aromatic carbocycles. The number of nitrogens with zero attached hydrogens (tertiary/aromatic N) is 3. The third-order valence-electron chi connectivity index (χ3n) is 5.13. The Kier molecular flexibility index (Phi) is 4.43. The number of aromatic nitrogens is 1. The van der Waals surface area contributed by atoms with E-state index in [1.165, 1.54) is 16.2 Å². The zero-order chi connectivity index (χ0) is 19.0. The van der Waals surface area contributed by atoms with Crippen LogP contribution in [-0.2, 0) is 9.59 Å². The summed E-state index contributed by atoms with van der Waals surface area (Å²) in [6.45, 7) is 2.45. The van der Waals surface area contributed by atoms with E-state index in [0.29, 0.717) is 22.9 Å². The SMILES string of the molecule is CCCCN1C(=O)c2ccccc2N2C(=O)CC[C@@]12C(=O)Nc1nccs1. The molecule has 0 unspecified atom stereocenters. The topological polar surface area (TPSA) is 82.6 Å². The number of unbranched alkanes of at least 4 members (excludes halogenated alkanes) is 1. The van der Waals surface area contributed by atoms with E-state index in [4.69, 9.17) is 0 Å². The summed E-state index contributed by atoms with van der Waals surface area (Å²) in [5.74, 6) is -0.743. The van der Waals surface area contributed by atoms with Gasteiger partial charge in [-0.25, -0.2) is 4.98 Å². The molecule has 0 aliphatic carbocycles. The minimum atomic E-state index is -1.34. The Hall–Kier alpha value is -2.74. The van der Waals surface area contributed by atoms with E-state index in [1.54, 1.807) is 40.7 Å². The molecule has 0 spiro atoms. The molecule has 2 aromatic rings. The molecule has 4 rings (SSSR count). The molecule has 1 fully saturated rings. The van der Waals surface area contributed by atoms with Gasteiger partial charge in [0.15, 0.2) is 5.13 Å². The van der Waals surface area contributed by atoms with Gasteiger partial charge in [0.1, 0.15) is 0 Å². The number of anilines is 2. The largest absolute Gasteiger partial charge is 0.307 e. The van der Waals surface area contributed by atoms with Gasteiger partial charge in [-0.05, 0) is 18.6 Å². The predicted molar refractivity (Wildman–Crippen MR) is 103 cm³/mol. The van der Waals surface area contributed by atoms with Gasteiger partial charge in [0, 0.05) is 31.0 Å². The summed E-state index contributed by atoms with van der Waals surface area (Å²) in [6, 6.07) is 7.00. The van der Waals surface area contributed by atoms with Crippen LogP contribution in [0.3, 0.4) is 0 Å². The molecule has 8 heteroatoms. The lowest BCUT2D eigenvalue weighted by Gasteiger charge is -2.49. The van der Waals surface area contributed by atoms with Crippen LogP contribution in [0.15, 0.2) is 35.8 Å². The van der Waals surface area contributed by atoms with Crippen molar-refractivity contribution in [3.8, 4) is 0 Å². The van der Waals surface area contributed by atoms with Crippen molar-refractivity contribution in [2.45, 2.75) is 38.3 Å². The number of para-hydroxylation sites is 1. The van der Waals surface area contributed by atoms with Crippen LogP contribution in [0.25, 0.3) is 0 Å². The fourth-order valence-electron chi connectivity index (χ4n) is 3.89. The first kappa shape index (κ1) is 17.7. The summed E-state index contributed by atoms with van der Waals surface area (Å²) >= 11 is 1.30. The first-order valence-corrected chi connectivity index (χ1v) is 9.92. The van der Waals surface area contributed by atoms with Crippen molar-refractivity contribution in [2.24, 2.45) is 0 Å². The third kappa shape index (κ3) is 2.63. The lowest BCUT2D eigenvalue weighted by molar-refractivity contribution is -0.129. The first-order valence-electron chi connectivity index (χ1n) is 9.04. The molecular weight excluding hydrogens is 364 g/mol. The number of hydrogen-bond donors (Lipinski definition) is 1. The van der Waals surface area contributed by atoms with Gasteiger partial charge < -0.3 is 4.90 Å². The number of rotatable bonds is 5. The van der Waals surface area contributed by atoms with Gasteiger partial charge >= 0.3 is 0 Å². The summed E-state index contributed by atoms with van der Waals surface area (Å²) in [5.41, 5.74) is -0.378. The number of benzene rings is 1. The number of fused-ring (bicyclic) bond motifs is 3. The Morgan fingerprint density at radius 2 is 2.15 bits per heavy atom. The standard InChI is InChI=1S/C19H20N4O3S/c1-2-3-11-22-16(25)13-6-4-5-7-14(13)23-15(24)8-9-19(22,23)17(26)21-18-20-10-12-27-18/h4-7,10,12H,2-3,8-9,11H2,1H3,(H,20,21,26)/t19-/m1/s1. The lowest BCUT2D eigenvalue weighted by atomic mass is 9.95. The van der Waals surface area contributed by atoms with E-state index < -0.39 is 5.66 Å².